The fourth-order valence-corrected chi connectivity index (χ4v) is 3.92. The van der Waals surface area contributed by atoms with Crippen LogP contribution in [0.2, 0.25) is 0 Å². The van der Waals surface area contributed by atoms with E-state index in [4.69, 9.17) is 9.47 Å². The van der Waals surface area contributed by atoms with Crippen molar-refractivity contribution >= 4 is 11.8 Å². The topological polar surface area (TPSA) is 62.3 Å². The second-order valence-corrected chi connectivity index (χ2v) is 7.95. The summed E-state index contributed by atoms with van der Waals surface area (Å²) in [5.74, 6) is 1.38. The number of nitrogens with zero attached hydrogens (tertiary/aromatic N) is 3. The van der Waals surface area contributed by atoms with Crippen molar-refractivity contribution in [2.24, 2.45) is 0 Å². The summed E-state index contributed by atoms with van der Waals surface area (Å²) < 4.78 is 11.5. The second-order valence-electron chi connectivity index (χ2n) is 7.95. The Bertz CT molecular complexity index is 691. The van der Waals surface area contributed by atoms with Crippen molar-refractivity contribution < 1.29 is 19.1 Å². The van der Waals surface area contributed by atoms with Crippen LogP contribution in [0.5, 0.6) is 11.5 Å². The number of benzene rings is 1. The average Bonchev–Trinajstić information content (AvgIpc) is 2.67. The monoisotopic (exact) mass is 389 g/mol. The normalized spacial score (nSPS) is 19.8. The van der Waals surface area contributed by atoms with E-state index in [0.717, 1.165) is 0 Å². The van der Waals surface area contributed by atoms with E-state index in [1.54, 1.807) is 0 Å². The third-order valence-corrected chi connectivity index (χ3v) is 5.23. The predicted molar refractivity (Wildman–Crippen MR) is 106 cm³/mol. The Balaban J connectivity index is 1.50. The van der Waals surface area contributed by atoms with Crippen LogP contribution < -0.4 is 9.47 Å². The van der Waals surface area contributed by atoms with Gasteiger partial charge in [0, 0.05) is 38.3 Å². The number of hydrogen-bond acceptors (Lipinski definition) is 5. The van der Waals surface area contributed by atoms with Crippen molar-refractivity contribution in [3.8, 4) is 11.5 Å². The van der Waals surface area contributed by atoms with Gasteiger partial charge in [0.1, 0.15) is 6.61 Å². The molecule has 3 rings (SSSR count). The third kappa shape index (κ3) is 4.58. The zero-order chi connectivity index (χ0) is 20.3. The van der Waals surface area contributed by atoms with E-state index in [1.807, 2.05) is 61.8 Å². The number of fused-ring (bicyclic) bond motifs is 1. The summed E-state index contributed by atoms with van der Waals surface area (Å²) in [6.07, 6.45) is -0.611. The summed E-state index contributed by atoms with van der Waals surface area (Å²) >= 11 is 0. The van der Waals surface area contributed by atoms with E-state index in [2.05, 4.69) is 4.90 Å². The molecule has 7 nitrogen and oxygen atoms in total. The highest BCUT2D eigenvalue weighted by molar-refractivity contribution is 5.82. The molecule has 2 amide bonds. The number of ether oxygens (including phenoxy) is 2. The molecule has 28 heavy (non-hydrogen) atoms. The van der Waals surface area contributed by atoms with Crippen LogP contribution in [0.4, 0.5) is 0 Å². The van der Waals surface area contributed by atoms with E-state index in [9.17, 15) is 9.59 Å². The van der Waals surface area contributed by atoms with Crippen molar-refractivity contribution in [1.29, 1.82) is 0 Å². The largest absolute Gasteiger partial charge is 0.485 e. The standard InChI is InChI=1S/C21H31N3O4/c1-15(2)24(16(3)4)20(25)13-22-9-11-23(12-10-22)21(26)19-14-27-17-7-5-6-8-18(17)28-19/h5-8,15-16,19H,9-14H2,1-4H3/t19-/m0/s1. The number of hydrogen-bond donors (Lipinski definition) is 0. The van der Waals surface area contributed by atoms with Crippen LogP contribution in [0.25, 0.3) is 0 Å². The van der Waals surface area contributed by atoms with Gasteiger partial charge >= 0.3 is 0 Å². The molecule has 1 aromatic rings. The molecule has 0 saturated carbocycles. The van der Waals surface area contributed by atoms with Gasteiger partial charge in [0.25, 0.3) is 5.91 Å². The average molecular weight is 389 g/mol. The van der Waals surface area contributed by atoms with Crippen molar-refractivity contribution in [2.45, 2.75) is 45.9 Å². The molecule has 0 unspecified atom stereocenters. The van der Waals surface area contributed by atoms with Crippen LogP contribution >= 0.6 is 0 Å². The SMILES string of the molecule is CC(C)N(C(=O)CN1CCN(C(=O)[C@@H]2COc3ccccc3O2)CC1)C(C)C. The van der Waals surface area contributed by atoms with E-state index >= 15 is 0 Å². The van der Waals surface area contributed by atoms with Gasteiger partial charge in [-0.1, -0.05) is 12.1 Å². The number of amides is 2. The highest BCUT2D eigenvalue weighted by Gasteiger charge is 2.33. The molecule has 154 valence electrons. The van der Waals surface area contributed by atoms with Crippen molar-refractivity contribution in [3.63, 3.8) is 0 Å². The summed E-state index contributed by atoms with van der Waals surface area (Å²) in [5.41, 5.74) is 0. The molecule has 2 aliphatic heterocycles. The molecule has 1 atom stereocenters. The summed E-state index contributed by atoms with van der Waals surface area (Å²) in [7, 11) is 0. The van der Waals surface area contributed by atoms with Gasteiger partial charge in [-0.3, -0.25) is 14.5 Å². The Morgan fingerprint density at radius 2 is 1.64 bits per heavy atom. The van der Waals surface area contributed by atoms with Gasteiger partial charge in [0.2, 0.25) is 12.0 Å². The van der Waals surface area contributed by atoms with E-state index < -0.39 is 6.10 Å². The number of rotatable bonds is 5. The molecule has 0 aromatic heterocycles. The minimum Gasteiger partial charge on any atom is -0.485 e. The van der Waals surface area contributed by atoms with Crippen LogP contribution in [0.3, 0.4) is 0 Å². The van der Waals surface area contributed by atoms with Gasteiger partial charge in [-0.2, -0.15) is 0 Å². The summed E-state index contributed by atoms with van der Waals surface area (Å²) in [5, 5.41) is 0. The minimum atomic E-state index is -0.611. The maximum absolute atomic E-state index is 12.8. The molecule has 0 bridgehead atoms. The van der Waals surface area contributed by atoms with Crippen LogP contribution in [0, 0.1) is 0 Å². The first-order valence-corrected chi connectivity index (χ1v) is 10.1. The van der Waals surface area contributed by atoms with Crippen LogP contribution in [-0.2, 0) is 9.59 Å². The molecular weight excluding hydrogens is 358 g/mol. The smallest absolute Gasteiger partial charge is 0.267 e. The molecular formula is C21H31N3O4. The number of carbonyl (C=O) groups excluding carboxylic acids is 2. The number of para-hydroxylation sites is 2. The van der Waals surface area contributed by atoms with Crippen LogP contribution in [-0.4, -0.2) is 84.0 Å². The fraction of sp³-hybridized carbons (Fsp3) is 0.619. The summed E-state index contributed by atoms with van der Waals surface area (Å²) in [4.78, 5) is 31.3. The first-order valence-electron chi connectivity index (χ1n) is 10.1. The lowest BCUT2D eigenvalue weighted by Crippen LogP contribution is -2.56. The van der Waals surface area contributed by atoms with Gasteiger partial charge < -0.3 is 19.3 Å². The Kier molecular flexibility index (Phi) is 6.44. The first kappa shape index (κ1) is 20.5. The maximum Gasteiger partial charge on any atom is 0.267 e. The van der Waals surface area contributed by atoms with Crippen molar-refractivity contribution in [1.82, 2.24) is 14.7 Å². The van der Waals surface area contributed by atoms with Crippen LogP contribution in [0.1, 0.15) is 27.7 Å². The van der Waals surface area contributed by atoms with Crippen molar-refractivity contribution in [3.05, 3.63) is 24.3 Å². The van der Waals surface area contributed by atoms with E-state index in [0.29, 0.717) is 44.2 Å². The molecule has 2 aliphatic rings. The van der Waals surface area contributed by atoms with Gasteiger partial charge in [0.15, 0.2) is 11.5 Å². The third-order valence-electron chi connectivity index (χ3n) is 5.23. The first-order chi connectivity index (χ1) is 13.4. The quantitative estimate of drug-likeness (QED) is 0.766. The minimum absolute atomic E-state index is 0.0496. The fourth-order valence-electron chi connectivity index (χ4n) is 3.92. The van der Waals surface area contributed by atoms with E-state index in [1.165, 1.54) is 0 Å². The Morgan fingerprint density at radius 3 is 2.25 bits per heavy atom. The molecule has 0 aliphatic carbocycles. The highest BCUT2D eigenvalue weighted by Crippen LogP contribution is 2.31. The lowest BCUT2D eigenvalue weighted by Gasteiger charge is -2.38. The van der Waals surface area contributed by atoms with Gasteiger partial charge in [-0.05, 0) is 39.8 Å². The summed E-state index contributed by atoms with van der Waals surface area (Å²) in [6.45, 7) is 11.3. The molecule has 1 aromatic carbocycles. The van der Waals surface area contributed by atoms with Crippen LogP contribution in [0.15, 0.2) is 24.3 Å². The molecule has 0 spiro atoms. The second kappa shape index (κ2) is 8.82. The van der Waals surface area contributed by atoms with Gasteiger partial charge in [-0.15, -0.1) is 0 Å². The predicted octanol–water partition coefficient (Wildman–Crippen LogP) is 1.62. The Labute approximate surface area is 167 Å². The summed E-state index contributed by atoms with van der Waals surface area (Å²) in [6, 6.07) is 7.76. The van der Waals surface area contributed by atoms with E-state index in [-0.39, 0.29) is 30.5 Å². The Hall–Kier alpha value is -2.28. The van der Waals surface area contributed by atoms with Gasteiger partial charge in [0.05, 0.1) is 6.54 Å². The molecule has 0 N–H and O–H groups in total. The highest BCUT2D eigenvalue weighted by atomic mass is 16.6. The maximum atomic E-state index is 12.8. The number of piperazine rings is 1. The lowest BCUT2D eigenvalue weighted by atomic mass is 10.2. The molecule has 2 heterocycles. The lowest BCUT2D eigenvalue weighted by molar-refractivity contribution is -0.143. The molecule has 7 heteroatoms. The number of carbonyl (C=O) groups is 2. The van der Waals surface area contributed by atoms with Crippen molar-refractivity contribution in [2.75, 3.05) is 39.3 Å². The Morgan fingerprint density at radius 1 is 1.04 bits per heavy atom. The van der Waals surface area contributed by atoms with Gasteiger partial charge in [-0.25, -0.2) is 0 Å². The zero-order valence-corrected chi connectivity index (χ0v) is 17.3. The molecule has 1 fully saturated rings. The molecule has 0 radical (unpaired) electrons. The zero-order valence-electron chi connectivity index (χ0n) is 17.3. The molecule has 1 saturated heterocycles.